The van der Waals surface area contributed by atoms with Crippen molar-refractivity contribution in [3.05, 3.63) is 97.3 Å². The number of hydrogen-bond acceptors (Lipinski definition) is 2. The van der Waals surface area contributed by atoms with Gasteiger partial charge in [0.15, 0.2) is 0 Å². The van der Waals surface area contributed by atoms with Gasteiger partial charge in [0.1, 0.15) is 12.2 Å². The van der Waals surface area contributed by atoms with Gasteiger partial charge in [0.05, 0.1) is 11.0 Å². The highest BCUT2D eigenvalue weighted by Crippen LogP contribution is 2.26. The van der Waals surface area contributed by atoms with Crippen LogP contribution in [0, 0.1) is 6.92 Å². The van der Waals surface area contributed by atoms with Crippen LogP contribution in [0.2, 0.25) is 0 Å². The highest BCUT2D eigenvalue weighted by molar-refractivity contribution is 5.83. The molecule has 3 aromatic carbocycles. The van der Waals surface area contributed by atoms with Crippen molar-refractivity contribution < 1.29 is 0 Å². The van der Waals surface area contributed by atoms with Crippen LogP contribution in [0.15, 0.2) is 91.5 Å². The third kappa shape index (κ3) is 2.72. The number of benzene rings is 3. The Balaban J connectivity index is 1.59. The second kappa shape index (κ2) is 6.25. The molecule has 0 amide bonds. The van der Waals surface area contributed by atoms with Crippen LogP contribution in [0.4, 0.5) is 0 Å². The largest absolute Gasteiger partial charge is 0.304 e. The van der Waals surface area contributed by atoms with E-state index in [1.807, 2.05) is 31.7 Å². The fourth-order valence-corrected chi connectivity index (χ4v) is 3.47. The summed E-state index contributed by atoms with van der Waals surface area (Å²) in [5.41, 5.74) is 6.62. The third-order valence-corrected chi connectivity index (χ3v) is 4.87. The molecule has 0 radical (unpaired) electrons. The Labute approximate surface area is 157 Å². The van der Waals surface area contributed by atoms with Gasteiger partial charge in [-0.25, -0.2) is 9.97 Å². The minimum absolute atomic E-state index is 0.968. The van der Waals surface area contributed by atoms with Gasteiger partial charge < -0.3 is 4.57 Å². The molecule has 0 aliphatic rings. The van der Waals surface area contributed by atoms with Crippen molar-refractivity contribution in [1.82, 2.24) is 19.1 Å². The Bertz CT molecular complexity index is 1230. The highest BCUT2D eigenvalue weighted by atomic mass is 15.1. The van der Waals surface area contributed by atoms with Gasteiger partial charge in [-0.15, -0.1) is 0 Å². The van der Waals surface area contributed by atoms with Crippen LogP contribution >= 0.6 is 0 Å². The lowest BCUT2D eigenvalue weighted by atomic mass is 10.1. The molecule has 0 fully saturated rings. The molecule has 0 spiro atoms. The molecule has 0 saturated carbocycles. The number of rotatable bonds is 3. The molecule has 130 valence electrons. The molecule has 2 aromatic heterocycles. The van der Waals surface area contributed by atoms with E-state index in [4.69, 9.17) is 0 Å². The monoisotopic (exact) mass is 350 g/mol. The topological polar surface area (TPSA) is 35.6 Å². The van der Waals surface area contributed by atoms with Crippen LogP contribution in [0.5, 0.6) is 0 Å². The van der Waals surface area contributed by atoms with Crippen molar-refractivity contribution >= 4 is 11.0 Å². The van der Waals surface area contributed by atoms with Gasteiger partial charge in [-0.05, 0) is 48.4 Å². The van der Waals surface area contributed by atoms with Crippen molar-refractivity contribution in [3.63, 3.8) is 0 Å². The average Bonchev–Trinajstić information content (AvgIpc) is 3.34. The number of aromatic nitrogens is 4. The summed E-state index contributed by atoms with van der Waals surface area (Å²) in [6.07, 6.45) is 5.69. The summed E-state index contributed by atoms with van der Waals surface area (Å²) in [6, 6.07) is 25.2. The molecule has 0 atom stereocenters. The fourth-order valence-electron chi connectivity index (χ4n) is 3.47. The molecule has 27 heavy (non-hydrogen) atoms. The standard InChI is InChI=1S/C23H18N4/c1-17-24-12-13-26(17)20-8-5-9-21(15-20)27-16-25-22-14-19(10-11-23(22)27)18-6-3-2-4-7-18/h2-16H,1H3. The minimum atomic E-state index is 0.968. The van der Waals surface area contributed by atoms with Crippen LogP contribution in [0.1, 0.15) is 5.82 Å². The van der Waals surface area contributed by atoms with E-state index in [1.54, 1.807) is 0 Å². The Kier molecular flexibility index (Phi) is 3.61. The van der Waals surface area contributed by atoms with Crippen LogP contribution in [-0.4, -0.2) is 19.1 Å². The molecule has 2 heterocycles. The van der Waals surface area contributed by atoms with Crippen LogP contribution in [-0.2, 0) is 0 Å². The van der Waals surface area contributed by atoms with Gasteiger partial charge >= 0.3 is 0 Å². The van der Waals surface area contributed by atoms with E-state index in [-0.39, 0.29) is 0 Å². The van der Waals surface area contributed by atoms with Crippen LogP contribution < -0.4 is 0 Å². The van der Waals surface area contributed by atoms with Gasteiger partial charge in [0, 0.05) is 23.8 Å². The molecule has 0 unspecified atom stereocenters. The first kappa shape index (κ1) is 15.6. The smallest absolute Gasteiger partial charge is 0.110 e. The zero-order valence-corrected chi connectivity index (χ0v) is 14.9. The lowest BCUT2D eigenvalue weighted by Crippen LogP contribution is -1.98. The predicted octanol–water partition coefficient (Wildman–Crippen LogP) is 5.19. The van der Waals surface area contributed by atoms with Crippen molar-refractivity contribution in [1.29, 1.82) is 0 Å². The van der Waals surface area contributed by atoms with Crippen molar-refractivity contribution in [3.8, 4) is 22.5 Å². The first-order chi connectivity index (χ1) is 13.3. The van der Waals surface area contributed by atoms with E-state index in [1.165, 1.54) is 11.1 Å². The van der Waals surface area contributed by atoms with Gasteiger partial charge in [-0.2, -0.15) is 0 Å². The zero-order chi connectivity index (χ0) is 18.2. The van der Waals surface area contributed by atoms with Crippen LogP contribution in [0.25, 0.3) is 33.5 Å². The SMILES string of the molecule is Cc1nccn1-c1cccc(-n2cnc3cc(-c4ccccc4)ccc32)c1. The molecule has 4 nitrogen and oxygen atoms in total. The number of imidazole rings is 2. The van der Waals surface area contributed by atoms with E-state index < -0.39 is 0 Å². The molecule has 0 aliphatic carbocycles. The summed E-state index contributed by atoms with van der Waals surface area (Å²) in [5.74, 6) is 0.968. The minimum Gasteiger partial charge on any atom is -0.304 e. The van der Waals surface area contributed by atoms with E-state index in [0.717, 1.165) is 28.2 Å². The summed E-state index contributed by atoms with van der Waals surface area (Å²) in [6.45, 7) is 2.00. The number of fused-ring (bicyclic) bond motifs is 1. The van der Waals surface area contributed by atoms with E-state index in [9.17, 15) is 0 Å². The highest BCUT2D eigenvalue weighted by Gasteiger charge is 2.08. The summed E-state index contributed by atoms with van der Waals surface area (Å²) < 4.78 is 4.20. The Hall–Kier alpha value is -3.66. The van der Waals surface area contributed by atoms with E-state index in [2.05, 4.69) is 85.8 Å². The maximum absolute atomic E-state index is 4.63. The summed E-state index contributed by atoms with van der Waals surface area (Å²) in [5, 5.41) is 0. The summed E-state index contributed by atoms with van der Waals surface area (Å²) in [7, 11) is 0. The summed E-state index contributed by atoms with van der Waals surface area (Å²) in [4.78, 5) is 8.95. The lowest BCUT2D eigenvalue weighted by molar-refractivity contribution is 0.968. The molecular weight excluding hydrogens is 332 g/mol. The van der Waals surface area contributed by atoms with Gasteiger partial charge in [0.2, 0.25) is 0 Å². The number of nitrogens with zero attached hydrogens (tertiary/aromatic N) is 4. The van der Waals surface area contributed by atoms with Crippen molar-refractivity contribution in [2.24, 2.45) is 0 Å². The maximum atomic E-state index is 4.63. The van der Waals surface area contributed by atoms with Gasteiger partial charge in [-0.3, -0.25) is 4.57 Å². The number of aryl methyl sites for hydroxylation is 1. The lowest BCUT2D eigenvalue weighted by Gasteiger charge is -2.09. The molecule has 0 N–H and O–H groups in total. The molecule has 5 aromatic rings. The Morgan fingerprint density at radius 2 is 1.52 bits per heavy atom. The quantitative estimate of drug-likeness (QED) is 0.449. The first-order valence-corrected chi connectivity index (χ1v) is 8.93. The first-order valence-electron chi connectivity index (χ1n) is 8.93. The Morgan fingerprint density at radius 3 is 2.30 bits per heavy atom. The molecule has 0 saturated heterocycles. The molecule has 5 rings (SSSR count). The Morgan fingerprint density at radius 1 is 0.704 bits per heavy atom. The van der Waals surface area contributed by atoms with E-state index >= 15 is 0 Å². The van der Waals surface area contributed by atoms with E-state index in [0.29, 0.717) is 0 Å². The predicted molar refractivity (Wildman–Crippen MR) is 108 cm³/mol. The zero-order valence-electron chi connectivity index (χ0n) is 14.9. The van der Waals surface area contributed by atoms with Crippen molar-refractivity contribution in [2.75, 3.05) is 0 Å². The third-order valence-electron chi connectivity index (χ3n) is 4.87. The molecular formula is C23H18N4. The van der Waals surface area contributed by atoms with Gasteiger partial charge in [0.25, 0.3) is 0 Å². The van der Waals surface area contributed by atoms with Crippen molar-refractivity contribution in [2.45, 2.75) is 6.92 Å². The average molecular weight is 350 g/mol. The second-order valence-corrected chi connectivity index (χ2v) is 6.55. The summed E-state index contributed by atoms with van der Waals surface area (Å²) >= 11 is 0. The molecule has 0 aliphatic heterocycles. The number of hydrogen-bond donors (Lipinski definition) is 0. The second-order valence-electron chi connectivity index (χ2n) is 6.55. The normalized spacial score (nSPS) is 11.1. The molecule has 0 bridgehead atoms. The molecule has 4 heteroatoms. The maximum Gasteiger partial charge on any atom is 0.110 e. The van der Waals surface area contributed by atoms with Crippen LogP contribution in [0.3, 0.4) is 0 Å². The van der Waals surface area contributed by atoms with Gasteiger partial charge in [-0.1, -0.05) is 42.5 Å². The fraction of sp³-hybridized carbons (Fsp3) is 0.0435.